The van der Waals surface area contributed by atoms with Crippen LogP contribution in [0.25, 0.3) is 199 Å². The van der Waals surface area contributed by atoms with E-state index >= 15 is 0 Å². The Morgan fingerprint density at radius 1 is 0.196 bits per heavy atom. The van der Waals surface area contributed by atoms with Gasteiger partial charge in [-0.3, -0.25) is 9.13 Å². The topological polar surface area (TPSA) is 97.6 Å². The van der Waals surface area contributed by atoms with Gasteiger partial charge in [-0.1, -0.05) is 218 Å². The second-order valence-electron chi connectivity index (χ2n) is 26.0. The van der Waals surface area contributed by atoms with E-state index < -0.39 is 0 Å². The molecule has 0 aliphatic heterocycles. The van der Waals surface area contributed by atoms with Crippen LogP contribution in [0.3, 0.4) is 0 Å². The molecule has 0 saturated heterocycles. The van der Waals surface area contributed by atoms with Gasteiger partial charge in [0.05, 0.1) is 66.9 Å². The average molecular weight is 1310 g/mol. The molecule has 0 atom stereocenters. The van der Waals surface area contributed by atoms with E-state index in [0.717, 1.165) is 155 Å². The lowest BCUT2D eigenvalue weighted by atomic mass is 10.0. The van der Waals surface area contributed by atoms with Crippen molar-refractivity contribution in [2.24, 2.45) is 0 Å². The lowest BCUT2D eigenvalue weighted by molar-refractivity contribution is 0.668. The van der Waals surface area contributed by atoms with E-state index in [-0.39, 0.29) is 0 Å². The third-order valence-electron chi connectivity index (χ3n) is 20.3. The molecular weight excluding hydrogens is 1250 g/mol. The fraction of sp³-hybridized carbons (Fsp3) is 0. The minimum absolute atomic E-state index is 0.619. The zero-order valence-corrected chi connectivity index (χ0v) is 54.7. The van der Waals surface area contributed by atoms with Gasteiger partial charge in [0.2, 0.25) is 11.9 Å². The minimum atomic E-state index is 0.619. The molecule has 0 bridgehead atoms. The Hall–Kier alpha value is -14.0. The second kappa shape index (κ2) is 22.8. The van der Waals surface area contributed by atoms with Gasteiger partial charge >= 0.3 is 0 Å². The number of rotatable bonds is 8. The predicted molar refractivity (Wildman–Crippen MR) is 418 cm³/mol. The van der Waals surface area contributed by atoms with Gasteiger partial charge in [0.15, 0.2) is 0 Å². The van der Waals surface area contributed by atoms with Crippen molar-refractivity contribution in [2.75, 3.05) is 0 Å². The molecule has 0 aliphatic rings. The van der Waals surface area contributed by atoms with Crippen LogP contribution < -0.4 is 0 Å². The first-order valence-corrected chi connectivity index (χ1v) is 34.3. The van der Waals surface area contributed by atoms with Crippen molar-refractivity contribution < 1.29 is 8.83 Å². The van der Waals surface area contributed by atoms with Gasteiger partial charge in [0.1, 0.15) is 22.3 Å². The SMILES string of the molecule is c1ccc(-c2cc(-c3ccc4oc5ccccc5c4c3)nc(-n3c4ccccc4c4cc5c(cc43)c3ccccc3n5-c3ccccc3)n2)cc1.c1ccc(-c2cc(-c3cccc4oc5ccccc5c34)nc(-n3c4ccccc4c4cc5c(cc43)c3ccccc3n5-c3ccccc3)n2)cc1. The van der Waals surface area contributed by atoms with E-state index in [2.05, 4.69) is 303 Å². The normalized spacial score (nSPS) is 11.9. The molecule has 22 aromatic rings. The standard InChI is InChI=1S/2C46H28N4O/c1-3-14-29(15-4-1)37-28-38(33-21-13-25-44-45(33)34-20-9-12-24-43(34)51-44)48-46(47-37)50-40-23-11-8-19-32(40)36-26-41-35(27-42(36)50)31-18-7-10-22-39(31)49(41)30-16-5-2-6-17-30;1-3-13-29(14-4-1)38-28-39(30-23-24-45-37(25-30)34-19-9-12-22-44(34)51-45)48-46(47-38)50-41-21-11-8-18-33(41)36-26-42-35(27-43(36)50)32-17-7-10-20-40(32)49(42)31-15-5-2-6-16-31/h2*1-28H. The number of fused-ring (bicyclic) bond motifs is 18. The van der Waals surface area contributed by atoms with Gasteiger partial charge in [-0.05, 0) is 121 Å². The van der Waals surface area contributed by atoms with Crippen LogP contribution in [0.4, 0.5) is 0 Å². The molecule has 0 unspecified atom stereocenters. The van der Waals surface area contributed by atoms with Crippen LogP contribution in [0.15, 0.2) is 349 Å². The summed E-state index contributed by atoms with van der Waals surface area (Å²) in [5, 5.41) is 13.7. The highest BCUT2D eigenvalue weighted by atomic mass is 16.3. The summed E-state index contributed by atoms with van der Waals surface area (Å²) in [6.45, 7) is 0. The van der Waals surface area contributed by atoms with Crippen molar-refractivity contribution >= 4 is 131 Å². The van der Waals surface area contributed by atoms with Crippen molar-refractivity contribution in [2.45, 2.75) is 0 Å². The Morgan fingerprint density at radius 2 is 0.539 bits per heavy atom. The van der Waals surface area contributed by atoms with Crippen molar-refractivity contribution in [3.8, 4) is 68.3 Å². The number of furan rings is 2. The highest BCUT2D eigenvalue weighted by Gasteiger charge is 2.25. The lowest BCUT2D eigenvalue weighted by Crippen LogP contribution is -2.04. The first-order valence-electron chi connectivity index (χ1n) is 34.3. The Kier molecular flexibility index (Phi) is 12.8. The van der Waals surface area contributed by atoms with Crippen LogP contribution in [0.2, 0.25) is 0 Å². The van der Waals surface area contributed by atoms with Gasteiger partial charge in [-0.15, -0.1) is 0 Å². The van der Waals surface area contributed by atoms with Crippen LogP contribution in [0.5, 0.6) is 0 Å². The summed E-state index contributed by atoms with van der Waals surface area (Å²) in [6, 6.07) is 119. The summed E-state index contributed by atoms with van der Waals surface area (Å²) in [4.78, 5) is 21.4. The van der Waals surface area contributed by atoms with Crippen molar-refractivity contribution in [1.29, 1.82) is 0 Å². The van der Waals surface area contributed by atoms with Crippen LogP contribution in [-0.2, 0) is 0 Å². The summed E-state index contributed by atoms with van der Waals surface area (Å²) < 4.78 is 21.7. The van der Waals surface area contributed by atoms with E-state index in [9.17, 15) is 0 Å². The number of aromatic nitrogens is 8. The number of hydrogen-bond donors (Lipinski definition) is 0. The Morgan fingerprint density at radius 3 is 1.03 bits per heavy atom. The molecule has 10 nitrogen and oxygen atoms in total. The van der Waals surface area contributed by atoms with Gasteiger partial charge in [0.25, 0.3) is 0 Å². The Bertz CT molecular complexity index is 7120. The van der Waals surface area contributed by atoms with Gasteiger partial charge in [-0.2, -0.15) is 0 Å². The molecule has 476 valence electrons. The summed E-state index contributed by atoms with van der Waals surface area (Å²) in [7, 11) is 0. The quantitative estimate of drug-likeness (QED) is 0.150. The highest BCUT2D eigenvalue weighted by molar-refractivity contribution is 6.21. The molecule has 0 radical (unpaired) electrons. The molecule has 0 aliphatic carbocycles. The molecule has 0 amide bonds. The fourth-order valence-corrected chi connectivity index (χ4v) is 15.7. The molecule has 8 aromatic heterocycles. The summed E-state index contributed by atoms with van der Waals surface area (Å²) >= 11 is 0. The third-order valence-corrected chi connectivity index (χ3v) is 20.3. The first kappa shape index (κ1) is 57.1. The number of nitrogens with zero attached hydrogens (tertiary/aromatic N) is 8. The van der Waals surface area contributed by atoms with E-state index in [1.54, 1.807) is 0 Å². The number of para-hydroxylation sites is 8. The average Bonchev–Trinajstić information content (AvgIpc) is 1.56. The third kappa shape index (κ3) is 8.99. The van der Waals surface area contributed by atoms with Crippen molar-refractivity contribution in [3.05, 3.63) is 340 Å². The zero-order valence-electron chi connectivity index (χ0n) is 54.7. The number of benzene rings is 14. The molecule has 0 saturated carbocycles. The van der Waals surface area contributed by atoms with Gasteiger partial charge in [0, 0.05) is 98.3 Å². The molecule has 0 fully saturated rings. The fourth-order valence-electron chi connectivity index (χ4n) is 15.7. The van der Waals surface area contributed by atoms with Gasteiger partial charge in [-0.25, -0.2) is 19.9 Å². The Balaban J connectivity index is 0.000000133. The molecule has 0 spiro atoms. The van der Waals surface area contributed by atoms with Crippen LogP contribution in [0, 0.1) is 0 Å². The van der Waals surface area contributed by atoms with Crippen LogP contribution >= 0.6 is 0 Å². The summed E-state index contributed by atoms with van der Waals surface area (Å²) in [5.41, 5.74) is 22.1. The zero-order chi connectivity index (χ0) is 66.9. The minimum Gasteiger partial charge on any atom is -0.456 e. The first-order chi connectivity index (χ1) is 50.6. The van der Waals surface area contributed by atoms with Crippen LogP contribution in [0.1, 0.15) is 0 Å². The molecule has 10 heteroatoms. The maximum absolute atomic E-state index is 6.31. The molecule has 102 heavy (non-hydrogen) atoms. The van der Waals surface area contributed by atoms with Crippen molar-refractivity contribution in [3.63, 3.8) is 0 Å². The molecular formula is C92H56N8O2. The van der Waals surface area contributed by atoms with E-state index in [1.165, 1.54) is 32.6 Å². The van der Waals surface area contributed by atoms with E-state index in [0.29, 0.717) is 11.9 Å². The maximum atomic E-state index is 6.31. The smallest absolute Gasteiger partial charge is 0.235 e. The molecule has 0 N–H and O–H groups in total. The maximum Gasteiger partial charge on any atom is 0.235 e. The van der Waals surface area contributed by atoms with Gasteiger partial charge < -0.3 is 18.0 Å². The van der Waals surface area contributed by atoms with E-state index in [1.807, 2.05) is 54.6 Å². The van der Waals surface area contributed by atoms with E-state index in [4.69, 9.17) is 28.8 Å². The Labute approximate surface area is 582 Å². The molecule has 14 aromatic carbocycles. The van der Waals surface area contributed by atoms with Crippen molar-refractivity contribution in [1.82, 2.24) is 38.2 Å². The summed E-state index contributed by atoms with van der Waals surface area (Å²) in [5.74, 6) is 1.24. The largest absolute Gasteiger partial charge is 0.456 e. The van der Waals surface area contributed by atoms with Crippen LogP contribution in [-0.4, -0.2) is 38.2 Å². The number of hydrogen-bond acceptors (Lipinski definition) is 6. The predicted octanol–water partition coefficient (Wildman–Crippen LogP) is 23.8. The highest BCUT2D eigenvalue weighted by Crippen LogP contribution is 2.44. The molecule has 22 rings (SSSR count). The lowest BCUT2D eigenvalue weighted by Gasteiger charge is -2.12. The summed E-state index contributed by atoms with van der Waals surface area (Å²) in [6.07, 6.45) is 0. The second-order valence-corrected chi connectivity index (χ2v) is 26.0. The monoisotopic (exact) mass is 1300 g/mol. The molecule has 8 heterocycles.